The first kappa shape index (κ1) is 21.1. The number of aliphatic carboxylic acids is 1. The van der Waals surface area contributed by atoms with E-state index in [9.17, 15) is 24.3 Å². The topological polar surface area (TPSA) is 151 Å². The molecule has 3 unspecified atom stereocenters. The van der Waals surface area contributed by atoms with E-state index in [2.05, 4.69) is 16.0 Å². The van der Waals surface area contributed by atoms with Gasteiger partial charge < -0.3 is 26.8 Å². The van der Waals surface area contributed by atoms with Gasteiger partial charge in [-0.2, -0.15) is 0 Å². The van der Waals surface area contributed by atoms with E-state index in [1.54, 1.807) is 30.3 Å². The fourth-order valence-electron chi connectivity index (χ4n) is 2.03. The first-order valence-corrected chi connectivity index (χ1v) is 8.10. The Morgan fingerprint density at radius 1 is 1.04 bits per heavy atom. The van der Waals surface area contributed by atoms with Crippen molar-refractivity contribution in [2.24, 2.45) is 5.73 Å². The molecule has 142 valence electrons. The van der Waals surface area contributed by atoms with Gasteiger partial charge in [-0.05, 0) is 19.4 Å². The second-order valence-electron chi connectivity index (χ2n) is 5.88. The van der Waals surface area contributed by atoms with Crippen molar-refractivity contribution < 1.29 is 24.3 Å². The third-order valence-electron chi connectivity index (χ3n) is 3.50. The second kappa shape index (κ2) is 10.1. The Balaban J connectivity index is 2.53. The predicted octanol–water partition coefficient (Wildman–Crippen LogP) is -1.23. The first-order chi connectivity index (χ1) is 12.2. The standard InChI is InChI=1S/C17H24N4O5/c1-10(18)15(23)19-9-14(22)20-11(2)16(24)21-13(17(25)26)8-12-6-4-3-5-7-12/h3-7,10-11,13H,8-9,18H2,1-2H3,(H,19,23)(H,20,22)(H,21,24)(H,25,26). The molecule has 26 heavy (non-hydrogen) atoms. The number of nitrogens with one attached hydrogen (secondary N) is 3. The molecule has 6 N–H and O–H groups in total. The lowest BCUT2D eigenvalue weighted by Crippen LogP contribution is -2.52. The molecule has 0 saturated heterocycles. The summed E-state index contributed by atoms with van der Waals surface area (Å²) in [6, 6.07) is 6.03. The Labute approximate surface area is 151 Å². The van der Waals surface area contributed by atoms with Crippen LogP contribution in [0.3, 0.4) is 0 Å². The van der Waals surface area contributed by atoms with Gasteiger partial charge >= 0.3 is 5.97 Å². The Hall–Kier alpha value is -2.94. The molecule has 0 fully saturated rings. The molecule has 9 nitrogen and oxygen atoms in total. The minimum absolute atomic E-state index is 0.118. The van der Waals surface area contributed by atoms with E-state index in [4.69, 9.17) is 5.73 Å². The maximum absolute atomic E-state index is 12.1. The average molecular weight is 364 g/mol. The van der Waals surface area contributed by atoms with Crippen LogP contribution in [0.5, 0.6) is 0 Å². The zero-order valence-corrected chi connectivity index (χ0v) is 14.7. The lowest BCUT2D eigenvalue weighted by Gasteiger charge is -2.19. The van der Waals surface area contributed by atoms with Crippen LogP contribution in [0.2, 0.25) is 0 Å². The molecule has 0 aliphatic rings. The van der Waals surface area contributed by atoms with Crippen LogP contribution >= 0.6 is 0 Å². The lowest BCUT2D eigenvalue weighted by molar-refractivity contribution is -0.142. The highest BCUT2D eigenvalue weighted by atomic mass is 16.4. The summed E-state index contributed by atoms with van der Waals surface area (Å²) in [5.41, 5.74) is 6.11. The minimum atomic E-state index is -1.18. The van der Waals surface area contributed by atoms with Gasteiger partial charge in [0.2, 0.25) is 17.7 Å². The average Bonchev–Trinajstić information content (AvgIpc) is 2.59. The summed E-state index contributed by atoms with van der Waals surface area (Å²) < 4.78 is 0. The molecule has 0 aromatic heterocycles. The number of nitrogens with two attached hydrogens (primary N) is 1. The molecule has 0 aliphatic heterocycles. The summed E-state index contributed by atoms with van der Waals surface area (Å²) in [5, 5.41) is 16.4. The fraction of sp³-hybridized carbons (Fsp3) is 0.412. The van der Waals surface area contributed by atoms with Crippen molar-refractivity contribution in [1.29, 1.82) is 0 Å². The minimum Gasteiger partial charge on any atom is -0.480 e. The quantitative estimate of drug-likeness (QED) is 0.370. The number of rotatable bonds is 9. The van der Waals surface area contributed by atoms with E-state index in [0.29, 0.717) is 0 Å². The van der Waals surface area contributed by atoms with Crippen molar-refractivity contribution in [3.63, 3.8) is 0 Å². The zero-order valence-electron chi connectivity index (χ0n) is 14.7. The summed E-state index contributed by atoms with van der Waals surface area (Å²) >= 11 is 0. The molecular formula is C17H24N4O5. The van der Waals surface area contributed by atoms with Gasteiger partial charge in [-0.25, -0.2) is 4.79 Å². The van der Waals surface area contributed by atoms with Crippen LogP contribution in [0, 0.1) is 0 Å². The van der Waals surface area contributed by atoms with Crippen LogP contribution in [0.25, 0.3) is 0 Å². The molecule has 1 aromatic carbocycles. The predicted molar refractivity (Wildman–Crippen MR) is 94.0 cm³/mol. The highest BCUT2D eigenvalue weighted by Crippen LogP contribution is 2.04. The van der Waals surface area contributed by atoms with E-state index in [1.807, 2.05) is 0 Å². The Morgan fingerprint density at radius 3 is 2.19 bits per heavy atom. The highest BCUT2D eigenvalue weighted by molar-refractivity contribution is 5.92. The molecule has 0 saturated carbocycles. The van der Waals surface area contributed by atoms with Crippen molar-refractivity contribution >= 4 is 23.7 Å². The maximum Gasteiger partial charge on any atom is 0.326 e. The van der Waals surface area contributed by atoms with Gasteiger partial charge in [-0.3, -0.25) is 14.4 Å². The van der Waals surface area contributed by atoms with E-state index in [-0.39, 0.29) is 13.0 Å². The number of amides is 3. The molecule has 9 heteroatoms. The van der Waals surface area contributed by atoms with E-state index in [1.165, 1.54) is 13.8 Å². The van der Waals surface area contributed by atoms with Gasteiger partial charge in [-0.15, -0.1) is 0 Å². The lowest BCUT2D eigenvalue weighted by atomic mass is 10.1. The van der Waals surface area contributed by atoms with Crippen molar-refractivity contribution in [3.05, 3.63) is 35.9 Å². The van der Waals surface area contributed by atoms with Gasteiger partial charge in [0.25, 0.3) is 0 Å². The number of carbonyl (C=O) groups excluding carboxylic acids is 3. The number of hydrogen-bond acceptors (Lipinski definition) is 5. The summed E-state index contributed by atoms with van der Waals surface area (Å²) in [5.74, 6) is -2.90. The molecule has 1 aromatic rings. The van der Waals surface area contributed by atoms with Crippen molar-refractivity contribution in [3.8, 4) is 0 Å². The second-order valence-corrected chi connectivity index (χ2v) is 5.88. The van der Waals surface area contributed by atoms with Crippen molar-refractivity contribution in [1.82, 2.24) is 16.0 Å². The molecule has 0 heterocycles. The third kappa shape index (κ3) is 7.31. The number of carboxylic acid groups (broad SMARTS) is 1. The van der Waals surface area contributed by atoms with Crippen LogP contribution in [0.4, 0.5) is 0 Å². The molecule has 3 amide bonds. The molecule has 1 rings (SSSR count). The van der Waals surface area contributed by atoms with E-state index >= 15 is 0 Å². The molecule has 0 bridgehead atoms. The molecule has 0 radical (unpaired) electrons. The van der Waals surface area contributed by atoms with Crippen LogP contribution in [-0.2, 0) is 25.6 Å². The van der Waals surface area contributed by atoms with Crippen molar-refractivity contribution in [2.45, 2.75) is 38.4 Å². The largest absolute Gasteiger partial charge is 0.480 e. The Morgan fingerprint density at radius 2 is 1.65 bits per heavy atom. The van der Waals surface area contributed by atoms with Gasteiger partial charge in [0, 0.05) is 6.42 Å². The number of benzene rings is 1. The summed E-state index contributed by atoms with van der Waals surface area (Å²) in [6.07, 6.45) is 0.118. The molecule has 3 atom stereocenters. The SMILES string of the molecule is CC(N)C(=O)NCC(=O)NC(C)C(=O)NC(Cc1ccccc1)C(=O)O. The van der Waals surface area contributed by atoms with Crippen LogP contribution in [-0.4, -0.2) is 53.5 Å². The van der Waals surface area contributed by atoms with Crippen LogP contribution < -0.4 is 21.7 Å². The maximum atomic E-state index is 12.1. The summed E-state index contributed by atoms with van der Waals surface area (Å²) in [7, 11) is 0. The molecular weight excluding hydrogens is 340 g/mol. The van der Waals surface area contributed by atoms with E-state index < -0.39 is 41.8 Å². The van der Waals surface area contributed by atoms with Crippen LogP contribution in [0.1, 0.15) is 19.4 Å². The van der Waals surface area contributed by atoms with Crippen molar-refractivity contribution in [2.75, 3.05) is 6.54 Å². The summed E-state index contributed by atoms with van der Waals surface area (Å²) in [4.78, 5) is 46.5. The summed E-state index contributed by atoms with van der Waals surface area (Å²) in [6.45, 7) is 2.56. The number of carbonyl (C=O) groups is 4. The Bertz CT molecular complexity index is 648. The normalized spacial score (nSPS) is 13.8. The molecule has 0 aliphatic carbocycles. The van der Waals surface area contributed by atoms with Gasteiger partial charge in [0.05, 0.1) is 12.6 Å². The monoisotopic (exact) mass is 364 g/mol. The zero-order chi connectivity index (χ0) is 19.7. The van der Waals surface area contributed by atoms with Gasteiger partial charge in [0.1, 0.15) is 12.1 Å². The fourth-order valence-corrected chi connectivity index (χ4v) is 2.03. The highest BCUT2D eigenvalue weighted by Gasteiger charge is 2.24. The third-order valence-corrected chi connectivity index (χ3v) is 3.50. The number of hydrogen-bond donors (Lipinski definition) is 5. The Kier molecular flexibility index (Phi) is 8.23. The number of carboxylic acids is 1. The van der Waals surface area contributed by atoms with Crippen LogP contribution in [0.15, 0.2) is 30.3 Å². The first-order valence-electron chi connectivity index (χ1n) is 8.10. The van der Waals surface area contributed by atoms with Gasteiger partial charge in [0.15, 0.2) is 0 Å². The molecule has 0 spiro atoms. The van der Waals surface area contributed by atoms with Gasteiger partial charge in [-0.1, -0.05) is 30.3 Å². The van der Waals surface area contributed by atoms with E-state index in [0.717, 1.165) is 5.56 Å². The smallest absolute Gasteiger partial charge is 0.326 e.